The summed E-state index contributed by atoms with van der Waals surface area (Å²) in [5.41, 5.74) is 9.14. The molecule has 2 amide bonds. The fourth-order valence-electron chi connectivity index (χ4n) is 4.36. The van der Waals surface area contributed by atoms with Gasteiger partial charge >= 0.3 is 0 Å². The number of aliphatic hydroxyl groups is 1. The summed E-state index contributed by atoms with van der Waals surface area (Å²) in [6.45, 7) is 4.31. The van der Waals surface area contributed by atoms with Gasteiger partial charge in [-0.3, -0.25) is 14.6 Å². The number of benzene rings is 1. The molecule has 3 heterocycles. The minimum Gasteiger partial charge on any atom is -0.404 e. The summed E-state index contributed by atoms with van der Waals surface area (Å²) < 4.78 is 1.87. The van der Waals surface area contributed by atoms with E-state index >= 15 is 0 Å². The quantitative estimate of drug-likeness (QED) is 0.264. The van der Waals surface area contributed by atoms with Crippen molar-refractivity contribution in [1.29, 1.82) is 0 Å². The van der Waals surface area contributed by atoms with Crippen molar-refractivity contribution in [3.8, 4) is 11.3 Å². The number of fused-ring (bicyclic) bond motifs is 1. The van der Waals surface area contributed by atoms with Crippen LogP contribution >= 0.6 is 0 Å². The normalized spacial score (nSPS) is 15.3. The van der Waals surface area contributed by atoms with Gasteiger partial charge in [0.15, 0.2) is 0 Å². The molecule has 198 valence electrons. The van der Waals surface area contributed by atoms with Gasteiger partial charge in [0.2, 0.25) is 11.9 Å². The maximum Gasteiger partial charge on any atom is 0.271 e. The molecular weight excluding hydrogens is 484 g/mol. The maximum atomic E-state index is 13.4. The highest BCUT2D eigenvalue weighted by Gasteiger charge is 2.33. The molecule has 0 saturated carbocycles. The van der Waals surface area contributed by atoms with Gasteiger partial charge in [-0.05, 0) is 43.8 Å². The van der Waals surface area contributed by atoms with E-state index < -0.39 is 12.1 Å². The molecule has 2 atom stereocenters. The average molecular weight is 517 g/mol. The van der Waals surface area contributed by atoms with E-state index in [0.29, 0.717) is 36.3 Å². The van der Waals surface area contributed by atoms with Crippen LogP contribution in [0.2, 0.25) is 0 Å². The summed E-state index contributed by atoms with van der Waals surface area (Å²) in [6, 6.07) is 9.86. The van der Waals surface area contributed by atoms with Gasteiger partial charge in [-0.25, -0.2) is 9.97 Å². The number of aliphatic hydroxyl groups excluding tert-OH is 1. The fraction of sp³-hybridized carbons (Fsp3) is 0.296. The molecular formula is C27H32N8O3. The monoisotopic (exact) mass is 516 g/mol. The number of rotatable bonds is 8. The summed E-state index contributed by atoms with van der Waals surface area (Å²) in [5, 5.41) is 15.8. The molecule has 1 aliphatic rings. The molecule has 0 spiro atoms. The number of nitrogens with two attached hydrogens (primary N) is 1. The molecule has 11 nitrogen and oxygen atoms in total. The van der Waals surface area contributed by atoms with Crippen molar-refractivity contribution in [2.24, 2.45) is 10.7 Å². The molecule has 0 radical (unpaired) electrons. The number of anilines is 1. The first kappa shape index (κ1) is 26.6. The Balaban J connectivity index is 1.49. The van der Waals surface area contributed by atoms with Crippen LogP contribution in [-0.2, 0) is 11.3 Å². The highest BCUT2D eigenvalue weighted by molar-refractivity contribution is 6.02. The molecule has 38 heavy (non-hydrogen) atoms. The van der Waals surface area contributed by atoms with Gasteiger partial charge in [-0.15, -0.1) is 0 Å². The summed E-state index contributed by atoms with van der Waals surface area (Å²) in [5.74, 6) is 0.271. The van der Waals surface area contributed by atoms with E-state index in [1.54, 1.807) is 43.3 Å². The molecule has 4 rings (SSSR count). The van der Waals surface area contributed by atoms with Gasteiger partial charge in [0.1, 0.15) is 17.6 Å². The largest absolute Gasteiger partial charge is 0.404 e. The van der Waals surface area contributed by atoms with E-state index in [1.165, 1.54) is 6.20 Å². The third-order valence-electron chi connectivity index (χ3n) is 6.44. The molecule has 0 fully saturated rings. The zero-order valence-corrected chi connectivity index (χ0v) is 21.6. The first-order valence-electron chi connectivity index (χ1n) is 12.3. The van der Waals surface area contributed by atoms with Crippen molar-refractivity contribution in [2.75, 3.05) is 25.5 Å². The predicted molar refractivity (Wildman–Crippen MR) is 145 cm³/mol. The number of hydrogen-bond acceptors (Lipinski definition) is 7. The van der Waals surface area contributed by atoms with Gasteiger partial charge in [0.25, 0.3) is 5.91 Å². The van der Waals surface area contributed by atoms with E-state index in [1.807, 2.05) is 42.0 Å². The Morgan fingerprint density at radius 3 is 2.82 bits per heavy atom. The van der Waals surface area contributed by atoms with Crippen molar-refractivity contribution in [2.45, 2.75) is 32.5 Å². The van der Waals surface area contributed by atoms with Gasteiger partial charge < -0.3 is 30.9 Å². The first-order valence-corrected chi connectivity index (χ1v) is 12.3. The van der Waals surface area contributed by atoms with E-state index in [4.69, 9.17) is 5.73 Å². The Morgan fingerprint density at radius 1 is 1.29 bits per heavy atom. The molecule has 3 aromatic rings. The van der Waals surface area contributed by atoms with Crippen molar-refractivity contribution in [3.05, 3.63) is 77.9 Å². The van der Waals surface area contributed by atoms with Crippen molar-refractivity contribution >= 4 is 23.6 Å². The number of aryl methyl sites for hydroxylation is 1. The highest BCUT2D eigenvalue weighted by atomic mass is 16.3. The molecule has 11 heteroatoms. The topological polar surface area (TPSA) is 151 Å². The lowest BCUT2D eigenvalue weighted by Gasteiger charge is -2.33. The van der Waals surface area contributed by atoms with Crippen LogP contribution in [0.5, 0.6) is 0 Å². The fourth-order valence-corrected chi connectivity index (χ4v) is 4.36. The van der Waals surface area contributed by atoms with Gasteiger partial charge in [0, 0.05) is 38.1 Å². The van der Waals surface area contributed by atoms with Crippen LogP contribution in [0.15, 0.2) is 66.1 Å². The Bertz CT molecular complexity index is 1380. The van der Waals surface area contributed by atoms with Gasteiger partial charge in [0.05, 0.1) is 18.3 Å². The number of carbonyl (C=O) groups excluding carboxylic acids is 2. The SMILES string of the molecule is CN=C(C=CN)Nc1nccc(-c2cc3n(c2)CCN([C@H](C)C(=O)N[C@H](CO)c2cccc(C)c2)C3=O)n1. The molecule has 5 N–H and O–H groups in total. The molecule has 1 aromatic carbocycles. The smallest absolute Gasteiger partial charge is 0.271 e. The van der Waals surface area contributed by atoms with Crippen LogP contribution in [-0.4, -0.2) is 68.4 Å². The van der Waals surface area contributed by atoms with E-state index in [2.05, 4.69) is 25.6 Å². The molecule has 1 aliphatic heterocycles. The standard InChI is InChI=1S/C27H32N8O3/c1-17-5-4-6-19(13-17)22(16-36)31-25(37)18(2)35-12-11-34-15-20(14-23(34)26(35)38)21-8-10-30-27(32-21)33-24(29-3)7-9-28/h4-10,13-15,18,22,36H,11-12,16,28H2,1-3H3,(H,31,37)(H,29,30,32,33)/t18-,22-/m1/s1. The number of nitrogens with one attached hydrogen (secondary N) is 2. The van der Waals surface area contributed by atoms with Gasteiger partial charge in [-0.1, -0.05) is 29.8 Å². The van der Waals surface area contributed by atoms with E-state index in [-0.39, 0.29) is 18.4 Å². The Hall–Kier alpha value is -4.51. The van der Waals surface area contributed by atoms with Crippen LogP contribution in [0.25, 0.3) is 11.3 Å². The lowest BCUT2D eigenvalue weighted by atomic mass is 10.0. The van der Waals surface area contributed by atoms with Crippen LogP contribution in [0.1, 0.15) is 34.6 Å². The van der Waals surface area contributed by atoms with E-state index in [9.17, 15) is 14.7 Å². The number of amidine groups is 1. The number of nitrogens with zero attached hydrogens (tertiary/aromatic N) is 5. The van der Waals surface area contributed by atoms with Crippen LogP contribution in [0, 0.1) is 6.92 Å². The summed E-state index contributed by atoms with van der Waals surface area (Å²) in [4.78, 5) is 40.9. The highest BCUT2D eigenvalue weighted by Crippen LogP contribution is 2.25. The second-order valence-corrected chi connectivity index (χ2v) is 9.00. The first-order chi connectivity index (χ1) is 18.3. The Kier molecular flexibility index (Phi) is 8.17. The van der Waals surface area contributed by atoms with Crippen molar-refractivity contribution in [3.63, 3.8) is 0 Å². The molecule has 0 aliphatic carbocycles. The zero-order chi connectivity index (χ0) is 27.2. The Morgan fingerprint density at radius 2 is 2.11 bits per heavy atom. The Labute approximate surface area is 221 Å². The van der Waals surface area contributed by atoms with Crippen LogP contribution in [0.3, 0.4) is 0 Å². The third-order valence-corrected chi connectivity index (χ3v) is 6.44. The lowest BCUT2D eigenvalue weighted by molar-refractivity contribution is -0.126. The van der Waals surface area contributed by atoms with Gasteiger partial charge in [-0.2, -0.15) is 0 Å². The number of carbonyl (C=O) groups is 2. The molecule has 0 bridgehead atoms. The van der Waals surface area contributed by atoms with Crippen molar-refractivity contribution in [1.82, 2.24) is 24.8 Å². The number of aromatic nitrogens is 3. The maximum absolute atomic E-state index is 13.4. The second kappa shape index (κ2) is 11.7. The molecule has 0 unspecified atom stereocenters. The average Bonchev–Trinajstić information content (AvgIpc) is 3.37. The minimum absolute atomic E-state index is 0.244. The van der Waals surface area contributed by atoms with Crippen LogP contribution < -0.4 is 16.4 Å². The summed E-state index contributed by atoms with van der Waals surface area (Å²) >= 11 is 0. The second-order valence-electron chi connectivity index (χ2n) is 9.00. The molecule has 0 saturated heterocycles. The van der Waals surface area contributed by atoms with Crippen molar-refractivity contribution < 1.29 is 14.7 Å². The van der Waals surface area contributed by atoms with E-state index in [0.717, 1.165) is 16.7 Å². The number of hydrogen-bond donors (Lipinski definition) is 4. The predicted octanol–water partition coefficient (Wildman–Crippen LogP) is 1.86. The summed E-state index contributed by atoms with van der Waals surface area (Å²) in [7, 11) is 1.62. The summed E-state index contributed by atoms with van der Waals surface area (Å²) in [6.07, 6.45) is 6.45. The molecule has 2 aromatic heterocycles. The number of aliphatic imine (C=N–C) groups is 1. The lowest BCUT2D eigenvalue weighted by Crippen LogP contribution is -2.52. The minimum atomic E-state index is -0.717. The number of amides is 2. The third kappa shape index (κ3) is 5.73. The van der Waals surface area contributed by atoms with Crippen LogP contribution in [0.4, 0.5) is 5.95 Å². The zero-order valence-electron chi connectivity index (χ0n) is 21.6.